The van der Waals surface area contributed by atoms with Gasteiger partial charge in [-0.25, -0.2) is 4.79 Å². The second-order valence-corrected chi connectivity index (χ2v) is 12.9. The number of halogens is 3. The lowest BCUT2D eigenvalue weighted by Gasteiger charge is -2.38. The van der Waals surface area contributed by atoms with E-state index >= 15 is 0 Å². The fraction of sp³-hybridized carbons (Fsp3) is 0.690. The lowest BCUT2D eigenvalue weighted by atomic mass is 9.76. The Kier molecular flexibility index (Phi) is 11.0. The summed E-state index contributed by atoms with van der Waals surface area (Å²) < 4.78 is 43.9. The van der Waals surface area contributed by atoms with Crippen LogP contribution in [0.3, 0.4) is 0 Å². The van der Waals surface area contributed by atoms with Gasteiger partial charge in [0.1, 0.15) is 12.0 Å². The number of piperidine rings is 1. The molecule has 9 nitrogen and oxygen atoms in total. The third kappa shape index (κ3) is 9.34. The van der Waals surface area contributed by atoms with Crippen LogP contribution in [-0.4, -0.2) is 82.7 Å². The zero-order valence-corrected chi connectivity index (χ0v) is 24.8. The van der Waals surface area contributed by atoms with E-state index in [1.807, 2.05) is 0 Å². The molecule has 0 saturated carbocycles. The van der Waals surface area contributed by atoms with Crippen molar-refractivity contribution in [2.24, 2.45) is 11.3 Å². The predicted octanol–water partition coefficient (Wildman–Crippen LogP) is 3.78. The normalized spacial score (nSPS) is 20.9. The highest BCUT2D eigenvalue weighted by Crippen LogP contribution is 2.36. The van der Waals surface area contributed by atoms with E-state index in [1.54, 1.807) is 4.90 Å². The van der Waals surface area contributed by atoms with Crippen LogP contribution >= 0.6 is 0 Å². The summed E-state index contributed by atoms with van der Waals surface area (Å²) >= 11 is 0. The summed E-state index contributed by atoms with van der Waals surface area (Å²) in [6.07, 6.45) is -2.98. The van der Waals surface area contributed by atoms with Crippen molar-refractivity contribution >= 4 is 19.1 Å². The monoisotopic (exact) mass is 594 g/mol. The number of alkyl halides is 3. The van der Waals surface area contributed by atoms with Gasteiger partial charge < -0.3 is 25.0 Å². The zero-order valence-electron chi connectivity index (χ0n) is 24.8. The van der Waals surface area contributed by atoms with Crippen LogP contribution in [0.4, 0.5) is 18.0 Å². The maximum absolute atomic E-state index is 13.3. The van der Waals surface area contributed by atoms with Gasteiger partial charge in [0.25, 0.3) is 0 Å². The molecule has 3 rings (SSSR count). The molecule has 42 heavy (non-hydrogen) atoms. The zero-order chi connectivity index (χ0) is 31.3. The van der Waals surface area contributed by atoms with E-state index in [0.29, 0.717) is 37.8 Å². The number of carbonyl (C=O) groups is 2. The van der Waals surface area contributed by atoms with Gasteiger partial charge >= 0.3 is 19.4 Å². The summed E-state index contributed by atoms with van der Waals surface area (Å²) in [5.41, 5.74) is -0.388. The number of alkyl carbamates (subject to hydrolysis) is 1. The molecule has 1 aromatic carbocycles. The maximum Gasteiger partial charge on any atom is 0.475 e. The van der Waals surface area contributed by atoms with Crippen LogP contribution in [-0.2, 0) is 22.1 Å². The van der Waals surface area contributed by atoms with Gasteiger partial charge in [-0.3, -0.25) is 9.69 Å². The van der Waals surface area contributed by atoms with E-state index in [9.17, 15) is 38.1 Å². The number of amides is 2. The van der Waals surface area contributed by atoms with Crippen LogP contribution in [0.15, 0.2) is 24.3 Å². The number of hydrogen-bond donors (Lipinski definition) is 3. The molecule has 2 heterocycles. The van der Waals surface area contributed by atoms with Gasteiger partial charge in [0, 0.05) is 18.6 Å². The maximum atomic E-state index is 13.3. The molecule has 0 aromatic heterocycles. The van der Waals surface area contributed by atoms with Crippen molar-refractivity contribution < 1.29 is 37.5 Å². The summed E-state index contributed by atoms with van der Waals surface area (Å²) in [5, 5.41) is 31.6. The first-order valence-corrected chi connectivity index (χ1v) is 14.4. The summed E-state index contributed by atoms with van der Waals surface area (Å²) in [5.74, 6) is -2.34. The van der Waals surface area contributed by atoms with Gasteiger partial charge in [-0.15, -0.1) is 0 Å². The molecule has 2 saturated heterocycles. The fourth-order valence-corrected chi connectivity index (χ4v) is 5.63. The fourth-order valence-electron chi connectivity index (χ4n) is 5.63. The molecule has 3 N–H and O–H groups in total. The number of nitrogens with zero attached hydrogens (tertiary/aromatic N) is 3. The number of benzene rings is 1. The first kappa shape index (κ1) is 33.7. The first-order chi connectivity index (χ1) is 19.5. The molecular formula is C29H42BF3N4O5. The van der Waals surface area contributed by atoms with E-state index < -0.39 is 42.9 Å². The number of nitriles is 1. The summed E-state index contributed by atoms with van der Waals surface area (Å²) in [7, 11) is -1.99. The standard InChI is InChI=1S/C29H42BF3N4O5/c1-27(2)13-15-37(19-27)28(3,4)12-11-21(17-34)25(38)36-14-5-6-23(18-36)42-26(39)35-24(30(40)41)16-20-7-9-22(10-8-20)29(31,32)33/h7-10,21,23-24,40-41H,5-6,11-16,18-19H2,1-4H3,(H,35,39)/t21?,23-,24-/m0/s1. The van der Waals surface area contributed by atoms with Crippen molar-refractivity contribution in [1.29, 1.82) is 5.26 Å². The molecule has 2 aliphatic rings. The molecule has 13 heteroatoms. The Labute approximate surface area is 246 Å². The van der Waals surface area contributed by atoms with Crippen LogP contribution in [0.1, 0.15) is 70.9 Å². The average Bonchev–Trinajstić information content (AvgIpc) is 3.28. The number of hydrogen-bond acceptors (Lipinski definition) is 7. The molecule has 0 spiro atoms. The van der Waals surface area contributed by atoms with Crippen molar-refractivity contribution in [2.45, 2.75) is 90.0 Å². The molecule has 0 aliphatic carbocycles. The van der Waals surface area contributed by atoms with E-state index in [-0.39, 0.29) is 29.8 Å². The van der Waals surface area contributed by atoms with Crippen molar-refractivity contribution in [3.63, 3.8) is 0 Å². The van der Waals surface area contributed by atoms with Crippen LogP contribution in [0.25, 0.3) is 0 Å². The van der Waals surface area contributed by atoms with Gasteiger partial charge in [0.2, 0.25) is 5.91 Å². The van der Waals surface area contributed by atoms with Gasteiger partial charge in [0.05, 0.1) is 24.1 Å². The molecule has 0 radical (unpaired) electrons. The Hall–Kier alpha value is -2.82. The molecule has 2 amide bonds. The molecule has 3 atom stereocenters. The van der Waals surface area contributed by atoms with Crippen LogP contribution in [0, 0.1) is 22.7 Å². The second-order valence-electron chi connectivity index (χ2n) is 12.9. The minimum absolute atomic E-state index is 0.111. The number of ether oxygens (including phenoxy) is 1. The smallest absolute Gasteiger partial charge is 0.444 e. The quantitative estimate of drug-likeness (QED) is 0.352. The van der Waals surface area contributed by atoms with Crippen molar-refractivity contribution in [1.82, 2.24) is 15.1 Å². The minimum atomic E-state index is -4.50. The highest BCUT2D eigenvalue weighted by molar-refractivity contribution is 6.43. The molecule has 232 valence electrons. The Morgan fingerprint density at radius 1 is 1.21 bits per heavy atom. The van der Waals surface area contributed by atoms with Crippen molar-refractivity contribution in [3.05, 3.63) is 35.4 Å². The Morgan fingerprint density at radius 3 is 2.43 bits per heavy atom. The summed E-state index contributed by atoms with van der Waals surface area (Å²) in [6.45, 7) is 11.3. The van der Waals surface area contributed by atoms with Crippen molar-refractivity contribution in [3.8, 4) is 6.07 Å². The molecule has 2 fully saturated rings. The van der Waals surface area contributed by atoms with Gasteiger partial charge in [-0.2, -0.15) is 18.4 Å². The SMILES string of the molecule is CC1(C)CCN(C(C)(C)CCC(C#N)C(=O)N2CCC[C@H](OC(=O)N[C@@H](Cc3ccc(C(F)(F)F)cc3)B(O)O)C2)C1. The van der Waals surface area contributed by atoms with E-state index in [4.69, 9.17) is 4.74 Å². The molecule has 0 bridgehead atoms. The van der Waals surface area contributed by atoms with E-state index in [1.165, 1.54) is 12.1 Å². The third-order valence-electron chi connectivity index (χ3n) is 8.40. The molecule has 1 unspecified atom stereocenters. The number of rotatable bonds is 10. The van der Waals surface area contributed by atoms with Gasteiger partial charge in [-0.05, 0) is 82.0 Å². The topological polar surface area (TPSA) is 126 Å². The third-order valence-corrected chi connectivity index (χ3v) is 8.40. The molecule has 2 aliphatic heterocycles. The molecular weight excluding hydrogens is 552 g/mol. The van der Waals surface area contributed by atoms with Crippen LogP contribution in [0.2, 0.25) is 0 Å². The van der Waals surface area contributed by atoms with Gasteiger partial charge in [-0.1, -0.05) is 26.0 Å². The lowest BCUT2D eigenvalue weighted by Crippen LogP contribution is -2.51. The highest BCUT2D eigenvalue weighted by atomic mass is 19.4. The largest absolute Gasteiger partial charge is 0.475 e. The van der Waals surface area contributed by atoms with Crippen LogP contribution < -0.4 is 5.32 Å². The van der Waals surface area contributed by atoms with Crippen LogP contribution in [0.5, 0.6) is 0 Å². The van der Waals surface area contributed by atoms with E-state index in [2.05, 4.69) is 44.0 Å². The minimum Gasteiger partial charge on any atom is -0.444 e. The second kappa shape index (κ2) is 13.7. The summed E-state index contributed by atoms with van der Waals surface area (Å²) in [4.78, 5) is 29.8. The Bertz CT molecular complexity index is 1120. The Morgan fingerprint density at radius 2 is 1.88 bits per heavy atom. The van der Waals surface area contributed by atoms with E-state index in [0.717, 1.165) is 31.6 Å². The summed E-state index contributed by atoms with van der Waals surface area (Å²) in [6, 6.07) is 6.32. The highest BCUT2D eigenvalue weighted by Gasteiger charge is 2.39. The predicted molar refractivity (Wildman–Crippen MR) is 151 cm³/mol. The number of likely N-dealkylation sites (tertiary alicyclic amines) is 2. The van der Waals surface area contributed by atoms with Gasteiger partial charge in [0.15, 0.2) is 0 Å². The lowest BCUT2D eigenvalue weighted by molar-refractivity contribution is -0.138. The number of nitrogens with one attached hydrogen (secondary N) is 1. The first-order valence-electron chi connectivity index (χ1n) is 14.4. The van der Waals surface area contributed by atoms with Crippen molar-refractivity contribution in [2.75, 3.05) is 26.2 Å². The number of carbonyl (C=O) groups excluding carboxylic acids is 2. The molecule has 1 aromatic rings. The Balaban J connectivity index is 1.52. The average molecular weight is 594 g/mol.